The summed E-state index contributed by atoms with van der Waals surface area (Å²) < 4.78 is 25.1. The summed E-state index contributed by atoms with van der Waals surface area (Å²) in [5.74, 6) is 0.144. The van der Waals surface area contributed by atoms with Crippen molar-refractivity contribution in [3.63, 3.8) is 0 Å². The Kier molecular flexibility index (Phi) is 6.55. The monoisotopic (exact) mass is 373 g/mol. The van der Waals surface area contributed by atoms with Crippen LogP contribution in [0.5, 0.6) is 0 Å². The molecule has 1 amide bonds. The minimum absolute atomic E-state index is 0.00591. The van der Waals surface area contributed by atoms with Crippen molar-refractivity contribution in [2.24, 2.45) is 11.7 Å². The topological polar surface area (TPSA) is 83.7 Å². The molecule has 0 spiro atoms. The molecule has 2 aliphatic rings. The predicted molar refractivity (Wildman–Crippen MR) is 101 cm³/mol. The second-order valence-corrected chi connectivity index (χ2v) is 11.0. The fourth-order valence-corrected chi connectivity index (χ4v) is 5.49. The van der Waals surface area contributed by atoms with E-state index in [-0.39, 0.29) is 28.9 Å². The van der Waals surface area contributed by atoms with Gasteiger partial charge in [0, 0.05) is 24.7 Å². The summed E-state index contributed by atoms with van der Waals surface area (Å²) >= 11 is 0. The van der Waals surface area contributed by atoms with Crippen LogP contribution in [-0.2, 0) is 14.6 Å². The zero-order valence-corrected chi connectivity index (χ0v) is 17.1. The number of nitrogens with two attached hydrogens (primary N) is 1. The van der Waals surface area contributed by atoms with E-state index < -0.39 is 15.9 Å². The van der Waals surface area contributed by atoms with Crippen LogP contribution in [0.15, 0.2) is 0 Å². The smallest absolute Gasteiger partial charge is 0.239 e. The van der Waals surface area contributed by atoms with Crippen LogP contribution in [0, 0.1) is 5.92 Å². The van der Waals surface area contributed by atoms with Crippen LogP contribution in [0.1, 0.15) is 53.4 Å². The zero-order valence-electron chi connectivity index (χ0n) is 16.3. The van der Waals surface area contributed by atoms with Gasteiger partial charge in [-0.25, -0.2) is 8.42 Å². The van der Waals surface area contributed by atoms with Crippen LogP contribution in [-0.4, -0.2) is 72.9 Å². The largest absolute Gasteiger partial charge is 0.338 e. The summed E-state index contributed by atoms with van der Waals surface area (Å²) in [4.78, 5) is 16.6. The van der Waals surface area contributed by atoms with Crippen LogP contribution in [0.2, 0.25) is 0 Å². The number of carbonyl (C=O) groups excluding carboxylic acids is 1. The first-order valence-electron chi connectivity index (χ1n) is 9.54. The highest BCUT2D eigenvalue weighted by Gasteiger charge is 2.43. The van der Waals surface area contributed by atoms with Crippen LogP contribution in [0.4, 0.5) is 0 Å². The lowest BCUT2D eigenvalue weighted by atomic mass is 9.81. The van der Waals surface area contributed by atoms with E-state index in [1.54, 1.807) is 13.8 Å². The van der Waals surface area contributed by atoms with Gasteiger partial charge in [0.1, 0.15) is 0 Å². The summed E-state index contributed by atoms with van der Waals surface area (Å²) in [6.07, 6.45) is 3.35. The molecule has 1 aliphatic heterocycles. The molecule has 2 N–H and O–H groups in total. The Morgan fingerprint density at radius 1 is 1.20 bits per heavy atom. The van der Waals surface area contributed by atoms with E-state index in [1.165, 1.54) is 0 Å². The van der Waals surface area contributed by atoms with Crippen molar-refractivity contribution in [2.75, 3.05) is 19.3 Å². The molecule has 7 heteroatoms. The van der Waals surface area contributed by atoms with Gasteiger partial charge in [0.25, 0.3) is 0 Å². The van der Waals surface area contributed by atoms with Gasteiger partial charge in [-0.1, -0.05) is 0 Å². The van der Waals surface area contributed by atoms with Crippen molar-refractivity contribution < 1.29 is 13.2 Å². The van der Waals surface area contributed by atoms with E-state index >= 15 is 0 Å². The SMILES string of the molecule is CC(C)N(C)[C@@H]1CC[C@H](N2CC[C@H](N)C2=O)[C@H](CS(=O)(=O)C(C)C)C1. The van der Waals surface area contributed by atoms with Crippen molar-refractivity contribution in [1.29, 1.82) is 0 Å². The first-order chi connectivity index (χ1) is 11.5. The molecule has 2 rings (SSSR count). The van der Waals surface area contributed by atoms with E-state index in [0.717, 1.165) is 19.3 Å². The van der Waals surface area contributed by atoms with Gasteiger partial charge >= 0.3 is 0 Å². The van der Waals surface area contributed by atoms with Crippen molar-refractivity contribution in [3.05, 3.63) is 0 Å². The maximum Gasteiger partial charge on any atom is 0.239 e. The second kappa shape index (κ2) is 7.92. The molecule has 2 fully saturated rings. The summed E-state index contributed by atoms with van der Waals surface area (Å²) in [6.45, 7) is 8.46. The van der Waals surface area contributed by atoms with E-state index in [1.807, 2.05) is 4.90 Å². The second-order valence-electron chi connectivity index (χ2n) is 8.36. The summed E-state index contributed by atoms with van der Waals surface area (Å²) in [6, 6.07) is 0.380. The molecule has 25 heavy (non-hydrogen) atoms. The van der Waals surface area contributed by atoms with Gasteiger partial charge in [0.2, 0.25) is 5.91 Å². The number of rotatable bonds is 6. The summed E-state index contributed by atoms with van der Waals surface area (Å²) in [7, 11) is -1.04. The van der Waals surface area contributed by atoms with Gasteiger partial charge in [0.15, 0.2) is 9.84 Å². The normalized spacial score (nSPS) is 31.6. The van der Waals surface area contributed by atoms with Gasteiger partial charge in [-0.15, -0.1) is 0 Å². The minimum Gasteiger partial charge on any atom is -0.338 e. The zero-order chi connectivity index (χ0) is 18.9. The Bertz CT molecular complexity index is 576. The highest BCUT2D eigenvalue weighted by Crippen LogP contribution is 2.35. The number of sulfone groups is 1. The average Bonchev–Trinajstić information content (AvgIpc) is 2.85. The molecular weight excluding hydrogens is 338 g/mol. The molecule has 0 aromatic carbocycles. The van der Waals surface area contributed by atoms with E-state index in [9.17, 15) is 13.2 Å². The molecule has 146 valence electrons. The lowest BCUT2D eigenvalue weighted by Gasteiger charge is -2.44. The first kappa shape index (κ1) is 20.6. The van der Waals surface area contributed by atoms with Gasteiger partial charge in [0.05, 0.1) is 17.0 Å². The minimum atomic E-state index is -3.15. The molecule has 1 saturated heterocycles. The Morgan fingerprint density at radius 2 is 1.84 bits per heavy atom. The van der Waals surface area contributed by atoms with Crippen LogP contribution < -0.4 is 5.73 Å². The molecule has 0 bridgehead atoms. The third kappa shape index (κ3) is 4.55. The Labute approximate surface area is 153 Å². The number of likely N-dealkylation sites (tertiary alicyclic amines) is 1. The molecule has 1 heterocycles. The van der Waals surface area contributed by atoms with E-state index in [0.29, 0.717) is 25.0 Å². The standard InChI is InChI=1S/C18H35N3O3S/c1-12(2)20(5)15-6-7-17(21-9-8-16(19)18(21)22)14(10-15)11-25(23,24)13(3)4/h12-17H,6-11,19H2,1-5H3/t14-,15+,16-,17-/m0/s1. The summed E-state index contributed by atoms with van der Waals surface area (Å²) in [5, 5.41) is -0.382. The molecule has 0 aromatic rings. The average molecular weight is 374 g/mol. The maximum atomic E-state index is 12.6. The van der Waals surface area contributed by atoms with Crippen molar-refractivity contribution in [1.82, 2.24) is 9.80 Å². The number of hydrogen-bond acceptors (Lipinski definition) is 5. The predicted octanol–water partition coefficient (Wildman–Crippen LogP) is 1.25. The quantitative estimate of drug-likeness (QED) is 0.757. The van der Waals surface area contributed by atoms with Crippen LogP contribution in [0.3, 0.4) is 0 Å². The molecule has 1 aliphatic carbocycles. The molecule has 6 nitrogen and oxygen atoms in total. The fraction of sp³-hybridized carbons (Fsp3) is 0.944. The lowest BCUT2D eigenvalue weighted by Crippen LogP contribution is -2.52. The molecule has 0 unspecified atom stereocenters. The highest BCUT2D eigenvalue weighted by molar-refractivity contribution is 7.91. The lowest BCUT2D eigenvalue weighted by molar-refractivity contribution is -0.132. The Morgan fingerprint density at radius 3 is 2.32 bits per heavy atom. The molecule has 0 radical (unpaired) electrons. The molecule has 0 aromatic heterocycles. The van der Waals surface area contributed by atoms with E-state index in [2.05, 4.69) is 25.8 Å². The van der Waals surface area contributed by atoms with Gasteiger partial charge in [-0.3, -0.25) is 4.79 Å². The molecular formula is C18H35N3O3S. The van der Waals surface area contributed by atoms with Gasteiger partial charge in [-0.05, 0) is 66.3 Å². The number of amides is 1. The van der Waals surface area contributed by atoms with Crippen molar-refractivity contribution >= 4 is 15.7 Å². The fourth-order valence-electron chi connectivity index (χ4n) is 4.15. The number of hydrogen-bond donors (Lipinski definition) is 1. The summed E-state index contributed by atoms with van der Waals surface area (Å²) in [5.41, 5.74) is 5.89. The third-order valence-corrected chi connectivity index (χ3v) is 8.48. The Hall–Kier alpha value is -0.660. The number of carbonyl (C=O) groups is 1. The van der Waals surface area contributed by atoms with Crippen molar-refractivity contribution in [3.8, 4) is 0 Å². The van der Waals surface area contributed by atoms with Crippen LogP contribution >= 0.6 is 0 Å². The van der Waals surface area contributed by atoms with Gasteiger partial charge < -0.3 is 15.5 Å². The van der Waals surface area contributed by atoms with Crippen LogP contribution in [0.25, 0.3) is 0 Å². The highest BCUT2D eigenvalue weighted by atomic mass is 32.2. The van der Waals surface area contributed by atoms with Gasteiger partial charge in [-0.2, -0.15) is 0 Å². The van der Waals surface area contributed by atoms with E-state index in [4.69, 9.17) is 5.73 Å². The maximum absolute atomic E-state index is 12.6. The third-order valence-electron chi connectivity index (χ3n) is 6.15. The molecule has 4 atom stereocenters. The number of nitrogens with zero attached hydrogens (tertiary/aromatic N) is 2. The Balaban J connectivity index is 2.21. The first-order valence-corrected chi connectivity index (χ1v) is 11.3. The molecule has 1 saturated carbocycles. The van der Waals surface area contributed by atoms with Crippen molar-refractivity contribution in [2.45, 2.75) is 82.8 Å².